The highest BCUT2D eigenvalue weighted by Crippen LogP contribution is 2.44. The van der Waals surface area contributed by atoms with E-state index in [2.05, 4.69) is 25.8 Å². The number of hydrogen-bond donors (Lipinski definition) is 1. The Labute approximate surface area is 262 Å². The second-order valence-corrected chi connectivity index (χ2v) is 11.8. The SMILES string of the molecule is C#Cc1c(F)ccc2cc(OC=O)cc(-c3nc4c5c(nc(OC[C@@]67CCCN6C[C@H](F)C7)nc5c3F)N(CCCO)CCO4)c12. The van der Waals surface area contributed by atoms with Crippen molar-refractivity contribution in [2.24, 2.45) is 0 Å². The van der Waals surface area contributed by atoms with Crippen molar-refractivity contribution in [1.82, 2.24) is 19.9 Å². The minimum Gasteiger partial charge on any atom is -0.475 e. The maximum atomic E-state index is 16.9. The number of aliphatic hydroxyl groups excluding tert-OH is 1. The van der Waals surface area contributed by atoms with Crippen LogP contribution in [0, 0.1) is 24.0 Å². The van der Waals surface area contributed by atoms with Crippen LogP contribution in [0.25, 0.3) is 32.9 Å². The summed E-state index contributed by atoms with van der Waals surface area (Å²) in [5, 5.41) is 10.3. The number of aliphatic hydroxyl groups is 1. The van der Waals surface area contributed by atoms with Gasteiger partial charge in [0.15, 0.2) is 5.82 Å². The van der Waals surface area contributed by atoms with Gasteiger partial charge in [-0.1, -0.05) is 12.0 Å². The molecule has 3 aliphatic rings. The molecule has 2 aromatic heterocycles. The highest BCUT2D eigenvalue weighted by atomic mass is 19.1. The van der Waals surface area contributed by atoms with Crippen molar-refractivity contribution in [3.8, 4) is 41.2 Å². The van der Waals surface area contributed by atoms with Gasteiger partial charge in [-0.2, -0.15) is 9.97 Å². The van der Waals surface area contributed by atoms with Gasteiger partial charge in [0.1, 0.15) is 53.4 Å². The summed E-state index contributed by atoms with van der Waals surface area (Å²) in [6.07, 6.45) is 7.16. The summed E-state index contributed by atoms with van der Waals surface area (Å²) in [7, 11) is 0. The third kappa shape index (κ3) is 5.02. The van der Waals surface area contributed by atoms with Crippen LogP contribution >= 0.6 is 0 Å². The monoisotopic (exact) mass is 633 g/mol. The zero-order chi connectivity index (χ0) is 32.0. The van der Waals surface area contributed by atoms with Crippen LogP contribution < -0.4 is 19.1 Å². The maximum absolute atomic E-state index is 16.9. The lowest BCUT2D eigenvalue weighted by atomic mass is 9.95. The number of alkyl halides is 1. The summed E-state index contributed by atoms with van der Waals surface area (Å²) in [6, 6.07) is 5.35. The quantitative estimate of drug-likeness (QED) is 0.213. The zero-order valence-corrected chi connectivity index (χ0v) is 24.8. The molecule has 1 N–H and O–H groups in total. The number of carbonyl (C=O) groups excluding carboxylic acids is 1. The van der Waals surface area contributed by atoms with E-state index in [1.807, 2.05) is 4.90 Å². The molecule has 7 rings (SSSR count). The molecule has 0 bridgehead atoms. The molecule has 13 heteroatoms. The number of nitrogens with zero attached hydrogens (tertiary/aromatic N) is 5. The summed E-state index contributed by atoms with van der Waals surface area (Å²) in [5.41, 5.74) is -0.983. The van der Waals surface area contributed by atoms with Gasteiger partial charge < -0.3 is 24.2 Å². The zero-order valence-electron chi connectivity index (χ0n) is 24.8. The smallest absolute Gasteiger partial charge is 0.319 e. The van der Waals surface area contributed by atoms with Crippen molar-refractivity contribution in [2.45, 2.75) is 37.4 Å². The molecule has 2 saturated heterocycles. The van der Waals surface area contributed by atoms with Gasteiger partial charge in [0, 0.05) is 37.1 Å². The van der Waals surface area contributed by atoms with E-state index >= 15 is 4.39 Å². The van der Waals surface area contributed by atoms with Crippen LogP contribution in [-0.2, 0) is 4.79 Å². The Hall–Kier alpha value is -4.67. The Balaban J connectivity index is 1.43. The molecule has 0 spiro atoms. The molecule has 0 radical (unpaired) electrons. The van der Waals surface area contributed by atoms with E-state index in [-0.39, 0.29) is 77.0 Å². The normalized spacial score (nSPS) is 20.8. The lowest BCUT2D eigenvalue weighted by Crippen LogP contribution is -2.43. The number of halogens is 3. The molecule has 0 saturated carbocycles. The number of terminal acetylenes is 1. The fraction of sp³-hybridized carbons (Fsp3) is 0.394. The average molecular weight is 634 g/mol. The first kappa shape index (κ1) is 30.0. The molecule has 0 unspecified atom stereocenters. The second kappa shape index (κ2) is 11.9. The topological polar surface area (TPSA) is 110 Å². The first-order valence-electron chi connectivity index (χ1n) is 15.1. The van der Waals surface area contributed by atoms with E-state index in [1.54, 1.807) is 0 Å². The van der Waals surface area contributed by atoms with Gasteiger partial charge in [0.2, 0.25) is 5.88 Å². The van der Waals surface area contributed by atoms with Crippen LogP contribution in [0.1, 0.15) is 31.2 Å². The number of carbonyl (C=O) groups is 1. The Kier molecular flexibility index (Phi) is 7.78. The minimum atomic E-state index is -0.961. The number of fused-ring (bicyclic) bond motifs is 2. The molecule has 4 aromatic rings. The van der Waals surface area contributed by atoms with Gasteiger partial charge in [-0.15, -0.1) is 6.42 Å². The third-order valence-electron chi connectivity index (χ3n) is 9.05. The molecular weight excluding hydrogens is 603 g/mol. The molecule has 2 aromatic carbocycles. The fourth-order valence-electron chi connectivity index (χ4n) is 7.03. The molecule has 10 nitrogen and oxygen atoms in total. The Morgan fingerprint density at radius 2 is 2.07 bits per heavy atom. The van der Waals surface area contributed by atoms with Crippen LogP contribution in [0.2, 0.25) is 0 Å². The summed E-state index contributed by atoms with van der Waals surface area (Å²) in [5.74, 6) is 1.17. The van der Waals surface area contributed by atoms with Crippen molar-refractivity contribution < 1.29 is 37.3 Å². The predicted octanol–water partition coefficient (Wildman–Crippen LogP) is 4.18. The van der Waals surface area contributed by atoms with Gasteiger partial charge in [-0.05, 0) is 49.4 Å². The van der Waals surface area contributed by atoms with Crippen molar-refractivity contribution in [3.63, 3.8) is 0 Å². The van der Waals surface area contributed by atoms with Crippen LogP contribution in [0.3, 0.4) is 0 Å². The number of benzene rings is 2. The van der Waals surface area contributed by atoms with Crippen molar-refractivity contribution in [3.05, 3.63) is 41.5 Å². The van der Waals surface area contributed by atoms with Gasteiger partial charge >= 0.3 is 6.01 Å². The summed E-state index contributed by atoms with van der Waals surface area (Å²) < 4.78 is 63.6. The van der Waals surface area contributed by atoms with Crippen molar-refractivity contribution >= 4 is 34.0 Å². The lowest BCUT2D eigenvalue weighted by molar-refractivity contribution is -0.120. The number of anilines is 1. The van der Waals surface area contributed by atoms with Crippen molar-refractivity contribution in [1.29, 1.82) is 0 Å². The highest BCUT2D eigenvalue weighted by molar-refractivity contribution is 6.04. The summed E-state index contributed by atoms with van der Waals surface area (Å²) in [4.78, 5) is 28.9. The molecule has 2 fully saturated rings. The third-order valence-corrected chi connectivity index (χ3v) is 9.05. The molecule has 2 atom stereocenters. The Bertz CT molecular complexity index is 1900. The van der Waals surface area contributed by atoms with Gasteiger partial charge in [0.25, 0.3) is 6.47 Å². The Morgan fingerprint density at radius 1 is 1.20 bits per heavy atom. The van der Waals surface area contributed by atoms with E-state index in [0.29, 0.717) is 43.7 Å². The Morgan fingerprint density at radius 3 is 2.87 bits per heavy atom. The maximum Gasteiger partial charge on any atom is 0.319 e. The predicted molar refractivity (Wildman–Crippen MR) is 163 cm³/mol. The number of ether oxygens (including phenoxy) is 3. The van der Waals surface area contributed by atoms with E-state index in [9.17, 15) is 18.7 Å². The molecule has 0 amide bonds. The molecule has 3 aliphatic heterocycles. The summed E-state index contributed by atoms with van der Waals surface area (Å²) in [6.45, 7) is 2.27. The van der Waals surface area contributed by atoms with Gasteiger partial charge in [0.05, 0.1) is 17.6 Å². The van der Waals surface area contributed by atoms with Crippen LogP contribution in [0.5, 0.6) is 17.6 Å². The van der Waals surface area contributed by atoms with Gasteiger partial charge in [-0.25, -0.2) is 18.2 Å². The number of aromatic nitrogens is 3. The second-order valence-electron chi connectivity index (χ2n) is 11.8. The van der Waals surface area contributed by atoms with Crippen LogP contribution in [0.15, 0.2) is 24.3 Å². The minimum absolute atomic E-state index is 0.0320. The van der Waals surface area contributed by atoms with Crippen molar-refractivity contribution in [2.75, 3.05) is 50.9 Å². The average Bonchev–Trinajstić information content (AvgIpc) is 3.51. The molecule has 5 heterocycles. The van der Waals surface area contributed by atoms with Crippen LogP contribution in [0.4, 0.5) is 19.0 Å². The molecule has 46 heavy (non-hydrogen) atoms. The van der Waals surface area contributed by atoms with E-state index in [0.717, 1.165) is 19.4 Å². The number of hydrogen-bond acceptors (Lipinski definition) is 10. The summed E-state index contributed by atoms with van der Waals surface area (Å²) >= 11 is 0. The number of pyridine rings is 1. The first-order chi connectivity index (χ1) is 22.4. The first-order valence-corrected chi connectivity index (χ1v) is 15.1. The van der Waals surface area contributed by atoms with E-state index in [4.69, 9.17) is 20.6 Å². The standard InChI is InChI=1S/C33H30F3N5O5/c1-2-22-24(35)6-5-19-13-21(46-18-43)14-23(25(19)22)28-27(36)29-26-30(40(8-4-11-42)10-12-44-31(26)37-28)39-32(38-29)45-17-33-7-3-9-41(33)16-20(34)15-33/h1,5-6,13-14,18,20,42H,3-4,7-12,15-17H2/t20-,33+/m1/s1. The largest absolute Gasteiger partial charge is 0.475 e. The van der Waals surface area contributed by atoms with Crippen LogP contribution in [-0.4, -0.2) is 89.1 Å². The molecular formula is C33H30F3N5O5. The fourth-order valence-corrected chi connectivity index (χ4v) is 7.03. The van der Waals surface area contributed by atoms with Gasteiger partial charge in [-0.3, -0.25) is 9.69 Å². The highest BCUT2D eigenvalue weighted by Gasteiger charge is 2.49. The molecule has 238 valence electrons. The number of rotatable bonds is 9. The van der Waals surface area contributed by atoms with E-state index < -0.39 is 23.3 Å². The molecule has 0 aliphatic carbocycles. The lowest BCUT2D eigenvalue weighted by Gasteiger charge is -2.31. The van der Waals surface area contributed by atoms with E-state index in [1.165, 1.54) is 24.3 Å².